The number of hydrogen-bond donors (Lipinski definition) is 6. The van der Waals surface area contributed by atoms with Gasteiger partial charge in [-0.15, -0.1) is 0 Å². The Bertz CT molecular complexity index is 920. The number of nitrogens with one attached hydrogen (secondary N) is 2. The fourth-order valence-corrected chi connectivity index (χ4v) is 3.89. The van der Waals surface area contributed by atoms with Crippen LogP contribution in [0.4, 0.5) is 0 Å². The summed E-state index contributed by atoms with van der Waals surface area (Å²) in [4.78, 5) is 55.3. The fourth-order valence-electron chi connectivity index (χ4n) is 3.89. The van der Waals surface area contributed by atoms with E-state index in [1.165, 1.54) is 11.8 Å². The number of benzene rings is 1. The molecule has 0 aromatic heterocycles. The molecule has 1 heterocycles. The smallest absolute Gasteiger partial charge is 0.325 e. The third kappa shape index (κ3) is 8.56. The third-order valence-electron chi connectivity index (χ3n) is 5.76. The normalized spacial score (nSPS) is 17.7. The summed E-state index contributed by atoms with van der Waals surface area (Å²) in [5.74, 6) is -2.77. The Balaban J connectivity index is 2.06. The Labute approximate surface area is 204 Å². The number of likely N-dealkylation sites (tertiary alicyclic amines) is 1. The van der Waals surface area contributed by atoms with Gasteiger partial charge >= 0.3 is 5.97 Å². The minimum atomic E-state index is -1.20. The van der Waals surface area contributed by atoms with Crippen LogP contribution in [-0.4, -0.2) is 76.9 Å². The SMILES string of the molecule is C[C@@H](NC(=O)[C@@H](CCCN=C(N)N)NC(=O)[C@@H]1CCCN1C(=O)[C@H](N)Cc1ccccc1)C(=O)O. The molecule has 0 spiro atoms. The molecule has 1 aliphatic heterocycles. The zero-order valence-corrected chi connectivity index (χ0v) is 19.9. The molecule has 0 bridgehead atoms. The van der Waals surface area contributed by atoms with Gasteiger partial charge in [0.2, 0.25) is 17.7 Å². The number of aliphatic imine (C=N–C) groups is 1. The average Bonchev–Trinajstić information content (AvgIpc) is 3.30. The highest BCUT2D eigenvalue weighted by atomic mass is 16.4. The molecule has 192 valence electrons. The molecule has 2 rings (SSSR count). The lowest BCUT2D eigenvalue weighted by atomic mass is 10.0. The second-order valence-corrected chi connectivity index (χ2v) is 8.56. The highest BCUT2D eigenvalue weighted by molar-refractivity contribution is 5.94. The Morgan fingerprint density at radius 1 is 1.17 bits per heavy atom. The van der Waals surface area contributed by atoms with Gasteiger partial charge in [0, 0.05) is 13.1 Å². The van der Waals surface area contributed by atoms with Crippen LogP contribution in [0.2, 0.25) is 0 Å². The van der Waals surface area contributed by atoms with Gasteiger partial charge in [-0.1, -0.05) is 30.3 Å². The van der Waals surface area contributed by atoms with E-state index in [4.69, 9.17) is 22.3 Å². The van der Waals surface area contributed by atoms with Gasteiger partial charge in [-0.05, 0) is 44.6 Å². The number of carboxylic acids is 1. The molecule has 0 saturated carbocycles. The second-order valence-electron chi connectivity index (χ2n) is 8.56. The van der Waals surface area contributed by atoms with Crippen LogP contribution in [0, 0.1) is 0 Å². The zero-order valence-electron chi connectivity index (χ0n) is 19.9. The third-order valence-corrected chi connectivity index (χ3v) is 5.76. The van der Waals surface area contributed by atoms with E-state index in [2.05, 4.69) is 15.6 Å². The summed E-state index contributed by atoms with van der Waals surface area (Å²) in [6, 6.07) is 5.63. The van der Waals surface area contributed by atoms with E-state index in [0.29, 0.717) is 32.2 Å². The number of carbonyl (C=O) groups is 4. The van der Waals surface area contributed by atoms with E-state index in [0.717, 1.165) is 5.56 Å². The number of carbonyl (C=O) groups excluding carboxylic acids is 3. The molecular weight excluding hydrogens is 454 g/mol. The van der Waals surface area contributed by atoms with Crippen LogP contribution in [-0.2, 0) is 25.6 Å². The molecule has 0 unspecified atom stereocenters. The number of carboxylic acid groups (broad SMARTS) is 1. The van der Waals surface area contributed by atoms with Crippen molar-refractivity contribution >= 4 is 29.7 Å². The largest absolute Gasteiger partial charge is 0.480 e. The Hall–Kier alpha value is -3.67. The van der Waals surface area contributed by atoms with Gasteiger partial charge < -0.3 is 37.8 Å². The van der Waals surface area contributed by atoms with Crippen molar-refractivity contribution < 1.29 is 24.3 Å². The van der Waals surface area contributed by atoms with E-state index in [-0.39, 0.29) is 24.8 Å². The van der Waals surface area contributed by atoms with Gasteiger partial charge in [0.25, 0.3) is 0 Å². The number of aliphatic carboxylic acids is 1. The van der Waals surface area contributed by atoms with Gasteiger partial charge in [0.05, 0.1) is 6.04 Å². The first-order chi connectivity index (χ1) is 16.6. The highest BCUT2D eigenvalue weighted by Gasteiger charge is 2.37. The van der Waals surface area contributed by atoms with Crippen molar-refractivity contribution in [3.8, 4) is 0 Å². The number of amides is 3. The van der Waals surface area contributed by atoms with E-state index in [1.807, 2.05) is 30.3 Å². The van der Waals surface area contributed by atoms with E-state index in [9.17, 15) is 19.2 Å². The molecule has 12 nitrogen and oxygen atoms in total. The van der Waals surface area contributed by atoms with Crippen molar-refractivity contribution in [2.45, 2.75) is 63.2 Å². The maximum atomic E-state index is 13.1. The average molecular weight is 490 g/mol. The molecule has 35 heavy (non-hydrogen) atoms. The van der Waals surface area contributed by atoms with Crippen LogP contribution in [0.25, 0.3) is 0 Å². The van der Waals surface area contributed by atoms with Crippen LogP contribution >= 0.6 is 0 Å². The van der Waals surface area contributed by atoms with Crippen molar-refractivity contribution in [3.05, 3.63) is 35.9 Å². The number of hydrogen-bond acceptors (Lipinski definition) is 6. The summed E-state index contributed by atoms with van der Waals surface area (Å²) in [6.45, 7) is 1.94. The first-order valence-corrected chi connectivity index (χ1v) is 11.6. The zero-order chi connectivity index (χ0) is 26.0. The molecule has 1 aliphatic rings. The number of nitrogens with two attached hydrogens (primary N) is 3. The molecular formula is C23H35N7O5. The molecule has 1 saturated heterocycles. The number of nitrogens with zero attached hydrogens (tertiary/aromatic N) is 2. The topological polar surface area (TPSA) is 206 Å². The Morgan fingerprint density at radius 3 is 2.49 bits per heavy atom. The van der Waals surface area contributed by atoms with E-state index in [1.54, 1.807) is 0 Å². The standard InChI is InChI=1S/C23H35N7O5/c1-14(22(34)35)28-19(31)17(9-5-11-27-23(25)26)29-20(32)18-10-6-12-30(18)21(33)16(24)13-15-7-3-2-4-8-15/h2-4,7-8,14,16-18H,5-6,9-13,24H2,1H3,(H,28,31)(H,29,32)(H,34,35)(H4,25,26,27)/t14-,16-,17-,18+/m1/s1. The Kier molecular flexibility index (Phi) is 10.5. The lowest BCUT2D eigenvalue weighted by molar-refractivity contribution is -0.142. The molecule has 9 N–H and O–H groups in total. The highest BCUT2D eigenvalue weighted by Crippen LogP contribution is 2.19. The Morgan fingerprint density at radius 2 is 1.86 bits per heavy atom. The maximum Gasteiger partial charge on any atom is 0.325 e. The van der Waals surface area contributed by atoms with Gasteiger partial charge in [-0.3, -0.25) is 24.2 Å². The monoisotopic (exact) mass is 489 g/mol. The lowest BCUT2D eigenvalue weighted by Gasteiger charge is -2.28. The van der Waals surface area contributed by atoms with Gasteiger partial charge in [0.15, 0.2) is 5.96 Å². The van der Waals surface area contributed by atoms with Gasteiger partial charge in [-0.2, -0.15) is 0 Å². The van der Waals surface area contributed by atoms with Crippen molar-refractivity contribution in [3.63, 3.8) is 0 Å². The predicted molar refractivity (Wildman–Crippen MR) is 130 cm³/mol. The second kappa shape index (κ2) is 13.3. The minimum Gasteiger partial charge on any atom is -0.480 e. The quantitative estimate of drug-likeness (QED) is 0.118. The molecule has 12 heteroatoms. The first-order valence-electron chi connectivity index (χ1n) is 11.6. The van der Waals surface area contributed by atoms with Gasteiger partial charge in [-0.25, -0.2) is 0 Å². The minimum absolute atomic E-state index is 0.0958. The van der Waals surface area contributed by atoms with Crippen molar-refractivity contribution in [2.24, 2.45) is 22.2 Å². The van der Waals surface area contributed by atoms with E-state index < -0.39 is 42.0 Å². The molecule has 0 radical (unpaired) electrons. The summed E-state index contributed by atoms with van der Waals surface area (Å²) in [6.07, 6.45) is 1.94. The summed E-state index contributed by atoms with van der Waals surface area (Å²) in [5.41, 5.74) is 17.7. The molecule has 3 amide bonds. The van der Waals surface area contributed by atoms with Crippen molar-refractivity contribution in [1.29, 1.82) is 0 Å². The molecule has 4 atom stereocenters. The summed E-state index contributed by atoms with van der Waals surface area (Å²) in [5, 5.41) is 14.1. The summed E-state index contributed by atoms with van der Waals surface area (Å²) < 4.78 is 0. The van der Waals surface area contributed by atoms with Crippen molar-refractivity contribution in [1.82, 2.24) is 15.5 Å². The van der Waals surface area contributed by atoms with Crippen LogP contribution < -0.4 is 27.8 Å². The summed E-state index contributed by atoms with van der Waals surface area (Å²) >= 11 is 0. The summed E-state index contributed by atoms with van der Waals surface area (Å²) in [7, 11) is 0. The van der Waals surface area contributed by atoms with E-state index >= 15 is 0 Å². The molecule has 0 aliphatic carbocycles. The van der Waals surface area contributed by atoms with Gasteiger partial charge in [0.1, 0.15) is 18.1 Å². The first kappa shape index (κ1) is 27.6. The number of guanidine groups is 1. The van der Waals surface area contributed by atoms with Crippen LogP contribution in [0.1, 0.15) is 38.2 Å². The number of rotatable bonds is 12. The van der Waals surface area contributed by atoms with Crippen molar-refractivity contribution in [2.75, 3.05) is 13.1 Å². The van der Waals surface area contributed by atoms with Crippen LogP contribution in [0.3, 0.4) is 0 Å². The van der Waals surface area contributed by atoms with Crippen LogP contribution in [0.15, 0.2) is 35.3 Å². The maximum absolute atomic E-state index is 13.1. The van der Waals surface area contributed by atoms with Crippen LogP contribution in [0.5, 0.6) is 0 Å². The fraction of sp³-hybridized carbons (Fsp3) is 0.522. The molecule has 1 fully saturated rings. The molecule has 1 aromatic rings. The lowest BCUT2D eigenvalue weighted by Crippen LogP contribution is -2.56. The predicted octanol–water partition coefficient (Wildman–Crippen LogP) is -1.32. The molecule has 1 aromatic carbocycles.